The molecule has 2 aromatic rings. The lowest BCUT2D eigenvalue weighted by atomic mass is 10.1. The van der Waals surface area contributed by atoms with Gasteiger partial charge in [-0.2, -0.15) is 0 Å². The maximum absolute atomic E-state index is 13.5. The molecule has 0 unspecified atom stereocenters. The van der Waals surface area contributed by atoms with Gasteiger partial charge in [-0.15, -0.1) is 0 Å². The van der Waals surface area contributed by atoms with Crippen molar-refractivity contribution in [1.29, 1.82) is 0 Å². The zero-order valence-corrected chi connectivity index (χ0v) is 9.16. The zero-order valence-electron chi connectivity index (χ0n) is 7.58. The second kappa shape index (κ2) is 4.12. The molecule has 0 saturated heterocycles. The van der Waals surface area contributed by atoms with E-state index in [1.807, 2.05) is 0 Å². The van der Waals surface area contributed by atoms with Crippen molar-refractivity contribution in [1.82, 2.24) is 5.16 Å². The van der Waals surface area contributed by atoms with Crippen LogP contribution in [0.25, 0.3) is 11.3 Å². The third-order valence-electron chi connectivity index (χ3n) is 1.92. The van der Waals surface area contributed by atoms with Gasteiger partial charge in [0.2, 0.25) is 0 Å². The Morgan fingerprint density at radius 3 is 2.80 bits per heavy atom. The van der Waals surface area contributed by atoms with Gasteiger partial charge in [0.05, 0.1) is 12.2 Å². The number of hydrogen-bond acceptors (Lipinski definition) is 3. The molecular formula is C10H7BrFNO2. The summed E-state index contributed by atoms with van der Waals surface area (Å²) in [5.74, 6) is -0.0888. The van der Waals surface area contributed by atoms with Crippen LogP contribution in [0.3, 0.4) is 0 Å². The predicted molar refractivity (Wildman–Crippen MR) is 55.5 cm³/mol. The van der Waals surface area contributed by atoms with Gasteiger partial charge in [0.1, 0.15) is 11.5 Å². The van der Waals surface area contributed by atoms with Crippen LogP contribution >= 0.6 is 15.9 Å². The van der Waals surface area contributed by atoms with Crippen molar-refractivity contribution in [2.45, 2.75) is 6.61 Å². The topological polar surface area (TPSA) is 46.3 Å². The van der Waals surface area contributed by atoms with Crippen molar-refractivity contribution >= 4 is 15.9 Å². The van der Waals surface area contributed by atoms with Crippen LogP contribution in [0.4, 0.5) is 4.39 Å². The highest BCUT2D eigenvalue weighted by atomic mass is 79.9. The molecule has 1 heterocycles. The number of nitrogens with zero attached hydrogens (tertiary/aromatic N) is 1. The molecule has 0 amide bonds. The Balaban J connectivity index is 2.44. The Kier molecular flexibility index (Phi) is 2.83. The lowest BCUT2D eigenvalue weighted by Gasteiger charge is -1.97. The van der Waals surface area contributed by atoms with E-state index in [-0.39, 0.29) is 6.61 Å². The molecule has 0 aliphatic carbocycles. The van der Waals surface area contributed by atoms with Gasteiger partial charge in [-0.3, -0.25) is 0 Å². The lowest BCUT2D eigenvalue weighted by molar-refractivity contribution is 0.267. The molecule has 0 aliphatic heterocycles. The molecule has 0 atom stereocenters. The molecule has 0 spiro atoms. The molecule has 0 aliphatic rings. The number of aliphatic hydroxyl groups excluding tert-OH is 1. The summed E-state index contributed by atoms with van der Waals surface area (Å²) in [6.45, 7) is -0.221. The minimum absolute atomic E-state index is 0.221. The smallest absolute Gasteiger partial charge is 0.170 e. The molecule has 0 bridgehead atoms. The average molecular weight is 272 g/mol. The first-order valence-corrected chi connectivity index (χ1v) is 5.02. The third-order valence-corrected chi connectivity index (χ3v) is 2.41. The normalized spacial score (nSPS) is 10.6. The lowest BCUT2D eigenvalue weighted by Crippen LogP contribution is -1.82. The van der Waals surface area contributed by atoms with Crippen LogP contribution in [0.15, 0.2) is 33.3 Å². The number of rotatable bonds is 2. The Morgan fingerprint density at radius 2 is 2.20 bits per heavy atom. The minimum Gasteiger partial charge on any atom is -0.390 e. The molecule has 5 heteroatoms. The van der Waals surface area contributed by atoms with E-state index in [2.05, 4.69) is 21.1 Å². The fourth-order valence-corrected chi connectivity index (χ4v) is 1.54. The molecule has 78 valence electrons. The Labute approximate surface area is 93.6 Å². The van der Waals surface area contributed by atoms with Crippen LogP contribution in [-0.4, -0.2) is 10.3 Å². The maximum Gasteiger partial charge on any atom is 0.170 e. The van der Waals surface area contributed by atoms with Crippen LogP contribution in [0.1, 0.15) is 5.69 Å². The number of aliphatic hydroxyl groups is 1. The van der Waals surface area contributed by atoms with Gasteiger partial charge in [0.15, 0.2) is 5.76 Å². The molecule has 1 aromatic carbocycles. The van der Waals surface area contributed by atoms with Crippen LogP contribution in [0, 0.1) is 5.82 Å². The van der Waals surface area contributed by atoms with Gasteiger partial charge >= 0.3 is 0 Å². The summed E-state index contributed by atoms with van der Waals surface area (Å²) in [6, 6.07) is 6.14. The van der Waals surface area contributed by atoms with Crippen molar-refractivity contribution < 1.29 is 14.0 Å². The second-order valence-corrected chi connectivity index (χ2v) is 3.88. The average Bonchev–Trinajstić information content (AvgIpc) is 2.66. The standard InChI is InChI=1S/C10H7BrFNO2/c11-6-1-2-8(9(12)3-6)10-4-7(5-14)13-15-10/h1-4,14H,5H2. The van der Waals surface area contributed by atoms with Crippen LogP contribution in [0.5, 0.6) is 0 Å². The molecule has 2 rings (SSSR count). The molecule has 3 nitrogen and oxygen atoms in total. The number of hydrogen-bond donors (Lipinski definition) is 1. The van der Waals surface area contributed by atoms with Crippen LogP contribution < -0.4 is 0 Å². The fourth-order valence-electron chi connectivity index (χ4n) is 1.20. The van der Waals surface area contributed by atoms with Crippen molar-refractivity contribution in [2.24, 2.45) is 0 Å². The zero-order chi connectivity index (χ0) is 10.8. The van der Waals surface area contributed by atoms with Crippen molar-refractivity contribution in [3.05, 3.63) is 40.2 Å². The molecular weight excluding hydrogens is 265 g/mol. The van der Waals surface area contributed by atoms with Gasteiger partial charge in [0, 0.05) is 10.5 Å². The monoisotopic (exact) mass is 271 g/mol. The second-order valence-electron chi connectivity index (χ2n) is 2.96. The highest BCUT2D eigenvalue weighted by Crippen LogP contribution is 2.25. The van der Waals surface area contributed by atoms with E-state index >= 15 is 0 Å². The van der Waals surface area contributed by atoms with E-state index in [0.29, 0.717) is 21.5 Å². The molecule has 0 saturated carbocycles. The van der Waals surface area contributed by atoms with E-state index in [4.69, 9.17) is 9.63 Å². The molecule has 0 radical (unpaired) electrons. The minimum atomic E-state index is -0.398. The van der Waals surface area contributed by atoms with Gasteiger partial charge in [-0.1, -0.05) is 21.1 Å². The van der Waals surface area contributed by atoms with Gasteiger partial charge in [0.25, 0.3) is 0 Å². The summed E-state index contributed by atoms with van der Waals surface area (Å²) in [6.07, 6.45) is 0. The Hall–Kier alpha value is -1.20. The van der Waals surface area contributed by atoms with E-state index in [0.717, 1.165) is 0 Å². The predicted octanol–water partition coefficient (Wildman–Crippen LogP) is 2.74. The van der Waals surface area contributed by atoms with Gasteiger partial charge < -0.3 is 9.63 Å². The summed E-state index contributed by atoms with van der Waals surface area (Å²) in [5, 5.41) is 12.4. The Morgan fingerprint density at radius 1 is 1.40 bits per heavy atom. The first-order valence-electron chi connectivity index (χ1n) is 4.22. The summed E-state index contributed by atoms with van der Waals surface area (Å²) >= 11 is 3.16. The number of benzene rings is 1. The quantitative estimate of drug-likeness (QED) is 0.914. The molecule has 1 aromatic heterocycles. The first kappa shape index (κ1) is 10.3. The largest absolute Gasteiger partial charge is 0.390 e. The van der Waals surface area contributed by atoms with Crippen molar-refractivity contribution in [2.75, 3.05) is 0 Å². The van der Waals surface area contributed by atoms with Crippen LogP contribution in [0.2, 0.25) is 0 Å². The van der Waals surface area contributed by atoms with Crippen molar-refractivity contribution in [3.63, 3.8) is 0 Å². The number of aromatic nitrogens is 1. The van der Waals surface area contributed by atoms with E-state index in [9.17, 15) is 4.39 Å². The third kappa shape index (κ3) is 2.08. The van der Waals surface area contributed by atoms with Gasteiger partial charge in [-0.25, -0.2) is 4.39 Å². The maximum atomic E-state index is 13.5. The van der Waals surface area contributed by atoms with E-state index < -0.39 is 5.82 Å². The molecule has 15 heavy (non-hydrogen) atoms. The fraction of sp³-hybridized carbons (Fsp3) is 0.100. The van der Waals surface area contributed by atoms with E-state index in [1.165, 1.54) is 12.1 Å². The summed E-state index contributed by atoms with van der Waals surface area (Å²) < 4.78 is 19.0. The Bertz CT molecular complexity index is 484. The van der Waals surface area contributed by atoms with Crippen molar-refractivity contribution in [3.8, 4) is 11.3 Å². The molecule has 0 fully saturated rings. The molecule has 1 N–H and O–H groups in total. The van der Waals surface area contributed by atoms with E-state index in [1.54, 1.807) is 12.1 Å². The summed E-state index contributed by atoms with van der Waals surface area (Å²) in [4.78, 5) is 0. The SMILES string of the molecule is OCc1cc(-c2ccc(Br)cc2F)on1. The summed E-state index contributed by atoms with van der Waals surface area (Å²) in [7, 11) is 0. The highest BCUT2D eigenvalue weighted by molar-refractivity contribution is 9.10. The first-order chi connectivity index (χ1) is 7.20. The number of halogens is 2. The highest BCUT2D eigenvalue weighted by Gasteiger charge is 2.10. The summed E-state index contributed by atoms with van der Waals surface area (Å²) in [5.41, 5.74) is 0.706. The van der Waals surface area contributed by atoms with Crippen LogP contribution in [-0.2, 0) is 6.61 Å². The van der Waals surface area contributed by atoms with Gasteiger partial charge in [-0.05, 0) is 18.2 Å².